The second-order valence-corrected chi connectivity index (χ2v) is 5.95. The molecule has 1 heterocycles. The normalized spacial score (nSPS) is 16.7. The Balaban J connectivity index is 0.00000264. The second-order valence-electron chi connectivity index (χ2n) is 5.95. The minimum Gasteiger partial charge on any atom is -0.357 e. The maximum atomic E-state index is 12.9. The topological polar surface area (TPSA) is 39.7 Å². The van der Waals surface area contributed by atoms with Crippen LogP contribution in [0.2, 0.25) is 0 Å². The third-order valence-electron chi connectivity index (χ3n) is 4.07. The number of hydrogen-bond donors (Lipinski definition) is 2. The number of benzene rings is 1. The van der Waals surface area contributed by atoms with Crippen LogP contribution in [-0.2, 0) is 6.54 Å². The molecule has 1 aromatic rings. The van der Waals surface area contributed by atoms with Gasteiger partial charge >= 0.3 is 0 Å². The van der Waals surface area contributed by atoms with Crippen molar-refractivity contribution in [1.82, 2.24) is 15.5 Å². The molecular formula is C17H28FIN4. The highest BCUT2D eigenvalue weighted by molar-refractivity contribution is 14.0. The van der Waals surface area contributed by atoms with Gasteiger partial charge in [-0.3, -0.25) is 0 Å². The van der Waals surface area contributed by atoms with Crippen molar-refractivity contribution in [2.75, 3.05) is 33.2 Å². The standard InChI is InChI=1S/C17H27FN4.HI/c1-3-19-17(20-12-14-4-6-16(18)7-5-14)21-13-15-8-10-22(2)11-9-15;/h4-7,15H,3,8-13H2,1-2H3,(H2,19,20,21);1H. The fourth-order valence-electron chi connectivity index (χ4n) is 2.61. The first kappa shape index (κ1) is 20.2. The highest BCUT2D eigenvalue weighted by Crippen LogP contribution is 2.14. The fraction of sp³-hybridized carbons (Fsp3) is 0.588. The van der Waals surface area contributed by atoms with Gasteiger partial charge in [0.2, 0.25) is 0 Å². The van der Waals surface area contributed by atoms with Crippen molar-refractivity contribution in [2.24, 2.45) is 10.9 Å². The molecule has 1 aliphatic heterocycles. The SMILES string of the molecule is CCNC(=NCc1ccc(F)cc1)NCC1CCN(C)CC1.I. The summed E-state index contributed by atoms with van der Waals surface area (Å²) in [5.74, 6) is 1.34. The van der Waals surface area contributed by atoms with Gasteiger partial charge < -0.3 is 15.5 Å². The molecule has 1 saturated heterocycles. The minimum absolute atomic E-state index is 0. The molecule has 0 atom stereocenters. The Labute approximate surface area is 156 Å². The van der Waals surface area contributed by atoms with Gasteiger partial charge in [0.1, 0.15) is 5.82 Å². The molecule has 2 N–H and O–H groups in total. The van der Waals surface area contributed by atoms with Crippen LogP contribution in [0.15, 0.2) is 29.3 Å². The smallest absolute Gasteiger partial charge is 0.191 e. The van der Waals surface area contributed by atoms with E-state index in [0.717, 1.165) is 24.6 Å². The molecule has 0 spiro atoms. The average Bonchev–Trinajstić information content (AvgIpc) is 2.53. The summed E-state index contributed by atoms with van der Waals surface area (Å²) in [6.45, 7) is 6.77. The van der Waals surface area contributed by atoms with Crippen LogP contribution in [-0.4, -0.2) is 44.1 Å². The van der Waals surface area contributed by atoms with E-state index in [9.17, 15) is 4.39 Å². The minimum atomic E-state index is -0.208. The predicted molar refractivity (Wildman–Crippen MR) is 105 cm³/mol. The molecule has 23 heavy (non-hydrogen) atoms. The molecule has 0 radical (unpaired) electrons. The van der Waals surface area contributed by atoms with Crippen molar-refractivity contribution in [3.8, 4) is 0 Å². The predicted octanol–water partition coefficient (Wildman–Crippen LogP) is 2.84. The zero-order chi connectivity index (χ0) is 15.8. The summed E-state index contributed by atoms with van der Waals surface area (Å²) >= 11 is 0. The number of rotatable bonds is 5. The number of nitrogens with zero attached hydrogens (tertiary/aromatic N) is 2. The van der Waals surface area contributed by atoms with Crippen molar-refractivity contribution < 1.29 is 4.39 Å². The maximum absolute atomic E-state index is 12.9. The Morgan fingerprint density at radius 3 is 2.48 bits per heavy atom. The highest BCUT2D eigenvalue weighted by Gasteiger charge is 2.16. The second kappa shape index (κ2) is 10.8. The lowest BCUT2D eigenvalue weighted by Crippen LogP contribution is -2.42. The number of guanidine groups is 1. The Morgan fingerprint density at radius 2 is 1.87 bits per heavy atom. The fourth-order valence-corrected chi connectivity index (χ4v) is 2.61. The van der Waals surface area contributed by atoms with E-state index in [0.29, 0.717) is 12.5 Å². The molecule has 130 valence electrons. The molecule has 0 saturated carbocycles. The van der Waals surface area contributed by atoms with E-state index in [4.69, 9.17) is 0 Å². The van der Waals surface area contributed by atoms with E-state index >= 15 is 0 Å². The zero-order valence-corrected chi connectivity index (χ0v) is 16.3. The summed E-state index contributed by atoms with van der Waals surface area (Å²) in [5, 5.41) is 6.70. The van der Waals surface area contributed by atoms with Gasteiger partial charge in [-0.1, -0.05) is 12.1 Å². The van der Waals surface area contributed by atoms with Gasteiger partial charge in [-0.05, 0) is 63.5 Å². The van der Waals surface area contributed by atoms with E-state index < -0.39 is 0 Å². The third kappa shape index (κ3) is 7.48. The van der Waals surface area contributed by atoms with Gasteiger partial charge in [-0.25, -0.2) is 9.38 Å². The van der Waals surface area contributed by atoms with Gasteiger partial charge in [0.15, 0.2) is 5.96 Å². The van der Waals surface area contributed by atoms with Crippen LogP contribution in [0.5, 0.6) is 0 Å². The number of nitrogens with one attached hydrogen (secondary N) is 2. The van der Waals surface area contributed by atoms with E-state index in [1.54, 1.807) is 12.1 Å². The lowest BCUT2D eigenvalue weighted by molar-refractivity contribution is 0.220. The zero-order valence-electron chi connectivity index (χ0n) is 14.0. The van der Waals surface area contributed by atoms with E-state index in [-0.39, 0.29) is 29.8 Å². The molecule has 0 aromatic heterocycles. The van der Waals surface area contributed by atoms with Gasteiger partial charge in [0, 0.05) is 13.1 Å². The summed E-state index contributed by atoms with van der Waals surface area (Å²) in [6.07, 6.45) is 2.47. The Kier molecular flexibility index (Phi) is 9.47. The molecule has 1 aromatic carbocycles. The van der Waals surface area contributed by atoms with Crippen molar-refractivity contribution in [3.05, 3.63) is 35.6 Å². The summed E-state index contributed by atoms with van der Waals surface area (Å²) in [7, 11) is 2.18. The summed E-state index contributed by atoms with van der Waals surface area (Å²) in [6, 6.07) is 6.51. The van der Waals surface area contributed by atoms with Crippen LogP contribution in [0.1, 0.15) is 25.3 Å². The molecular weight excluding hydrogens is 406 g/mol. The first-order valence-corrected chi connectivity index (χ1v) is 8.12. The van der Waals surface area contributed by atoms with Gasteiger partial charge in [-0.15, -0.1) is 24.0 Å². The monoisotopic (exact) mass is 434 g/mol. The summed E-state index contributed by atoms with van der Waals surface area (Å²) in [4.78, 5) is 6.95. The first-order valence-electron chi connectivity index (χ1n) is 8.12. The summed E-state index contributed by atoms with van der Waals surface area (Å²) < 4.78 is 12.9. The van der Waals surface area contributed by atoms with E-state index in [1.165, 1.54) is 38.1 Å². The van der Waals surface area contributed by atoms with Crippen LogP contribution in [0.3, 0.4) is 0 Å². The molecule has 0 amide bonds. The lowest BCUT2D eigenvalue weighted by atomic mass is 9.97. The van der Waals surface area contributed by atoms with E-state index in [2.05, 4.69) is 34.5 Å². The first-order chi connectivity index (χ1) is 10.7. The van der Waals surface area contributed by atoms with Crippen molar-refractivity contribution in [3.63, 3.8) is 0 Å². The molecule has 1 fully saturated rings. The molecule has 2 rings (SSSR count). The van der Waals surface area contributed by atoms with Crippen molar-refractivity contribution in [2.45, 2.75) is 26.3 Å². The number of hydrogen-bond acceptors (Lipinski definition) is 2. The highest BCUT2D eigenvalue weighted by atomic mass is 127. The number of aliphatic imine (C=N–C) groups is 1. The maximum Gasteiger partial charge on any atom is 0.191 e. The van der Waals surface area contributed by atoms with Crippen LogP contribution >= 0.6 is 24.0 Å². The van der Waals surface area contributed by atoms with Crippen molar-refractivity contribution >= 4 is 29.9 Å². The number of likely N-dealkylation sites (tertiary alicyclic amines) is 1. The van der Waals surface area contributed by atoms with Gasteiger partial charge in [0.05, 0.1) is 6.54 Å². The van der Waals surface area contributed by atoms with E-state index in [1.807, 2.05) is 0 Å². The molecule has 0 aliphatic carbocycles. The average molecular weight is 434 g/mol. The molecule has 6 heteroatoms. The van der Waals surface area contributed by atoms with Gasteiger partial charge in [-0.2, -0.15) is 0 Å². The quantitative estimate of drug-likeness (QED) is 0.426. The molecule has 1 aliphatic rings. The van der Waals surface area contributed by atoms with Crippen LogP contribution in [0.4, 0.5) is 4.39 Å². The Morgan fingerprint density at radius 1 is 1.22 bits per heavy atom. The Hall–Kier alpha value is -0.890. The van der Waals surface area contributed by atoms with Crippen LogP contribution in [0.25, 0.3) is 0 Å². The summed E-state index contributed by atoms with van der Waals surface area (Å²) in [5.41, 5.74) is 1.01. The lowest BCUT2D eigenvalue weighted by Gasteiger charge is -2.29. The largest absolute Gasteiger partial charge is 0.357 e. The molecule has 0 bridgehead atoms. The molecule has 0 unspecified atom stereocenters. The van der Waals surface area contributed by atoms with Crippen molar-refractivity contribution in [1.29, 1.82) is 0 Å². The number of piperidine rings is 1. The van der Waals surface area contributed by atoms with Crippen LogP contribution in [0, 0.1) is 11.7 Å². The Bertz CT molecular complexity index is 470. The van der Waals surface area contributed by atoms with Gasteiger partial charge in [0.25, 0.3) is 0 Å². The molecule has 4 nitrogen and oxygen atoms in total. The van der Waals surface area contributed by atoms with Crippen LogP contribution < -0.4 is 10.6 Å². The number of halogens is 2. The third-order valence-corrected chi connectivity index (χ3v) is 4.07.